The predicted octanol–water partition coefficient (Wildman–Crippen LogP) is 3.15. The van der Waals surface area contributed by atoms with Crippen LogP contribution in [0.2, 0.25) is 5.02 Å². The molecule has 1 unspecified atom stereocenters. The van der Waals surface area contributed by atoms with Gasteiger partial charge in [0, 0.05) is 17.0 Å². The summed E-state index contributed by atoms with van der Waals surface area (Å²) < 4.78 is 5.79. The van der Waals surface area contributed by atoms with Gasteiger partial charge < -0.3 is 9.73 Å². The molecule has 3 rings (SSSR count). The minimum atomic E-state index is 0.651. The highest BCUT2D eigenvalue weighted by atomic mass is 35.5. The van der Waals surface area contributed by atoms with Gasteiger partial charge in [0.15, 0.2) is 0 Å². The van der Waals surface area contributed by atoms with Crippen molar-refractivity contribution in [2.24, 2.45) is 5.92 Å². The fraction of sp³-hybridized carbons (Fsp3) is 0.357. The van der Waals surface area contributed by atoms with Gasteiger partial charge in [-0.2, -0.15) is 0 Å². The molecule has 1 N–H and O–H groups in total. The fourth-order valence-electron chi connectivity index (χ4n) is 2.33. The highest BCUT2D eigenvalue weighted by Gasteiger charge is 2.17. The van der Waals surface area contributed by atoms with Crippen molar-refractivity contribution >= 4 is 11.6 Å². The summed E-state index contributed by atoms with van der Waals surface area (Å²) in [7, 11) is 0. The Kier molecular flexibility index (Phi) is 3.35. The molecule has 2 aromatic rings. The van der Waals surface area contributed by atoms with E-state index in [0.29, 0.717) is 16.8 Å². The minimum absolute atomic E-state index is 0.651. The van der Waals surface area contributed by atoms with Gasteiger partial charge in [-0.15, -0.1) is 0 Å². The maximum atomic E-state index is 5.96. The highest BCUT2D eigenvalue weighted by molar-refractivity contribution is 6.30. The van der Waals surface area contributed by atoms with Crippen LogP contribution in [0.3, 0.4) is 0 Å². The molecule has 1 saturated heterocycles. The van der Waals surface area contributed by atoms with E-state index in [-0.39, 0.29) is 0 Å². The molecule has 0 saturated carbocycles. The van der Waals surface area contributed by atoms with Gasteiger partial charge in [0.1, 0.15) is 5.76 Å². The Hall–Kier alpha value is -1.32. The molecule has 94 valence electrons. The zero-order valence-corrected chi connectivity index (χ0v) is 10.8. The van der Waals surface area contributed by atoms with Crippen LogP contribution in [0.4, 0.5) is 0 Å². The summed E-state index contributed by atoms with van der Waals surface area (Å²) in [5, 5.41) is 4.06. The Morgan fingerprint density at radius 1 is 1.44 bits per heavy atom. The third-order valence-electron chi connectivity index (χ3n) is 3.28. The van der Waals surface area contributed by atoms with Crippen molar-refractivity contribution in [3.8, 4) is 11.5 Å². The first-order valence-corrected chi connectivity index (χ1v) is 6.60. The van der Waals surface area contributed by atoms with Crippen molar-refractivity contribution in [2.75, 3.05) is 13.1 Å². The molecule has 18 heavy (non-hydrogen) atoms. The van der Waals surface area contributed by atoms with Crippen LogP contribution < -0.4 is 5.32 Å². The van der Waals surface area contributed by atoms with Gasteiger partial charge in [-0.25, -0.2) is 4.98 Å². The molecule has 2 heterocycles. The molecule has 0 radical (unpaired) electrons. The number of hydrogen-bond acceptors (Lipinski definition) is 3. The van der Waals surface area contributed by atoms with Crippen LogP contribution in [0.1, 0.15) is 12.2 Å². The molecule has 0 spiro atoms. The number of nitrogens with one attached hydrogen (secondary N) is 1. The second-order valence-electron chi connectivity index (χ2n) is 4.71. The summed E-state index contributed by atoms with van der Waals surface area (Å²) in [6.45, 7) is 2.19. The molecule has 1 aromatic heterocycles. The summed E-state index contributed by atoms with van der Waals surface area (Å²) in [5.41, 5.74) is 0.929. The lowest BCUT2D eigenvalue weighted by Gasteiger charge is -2.03. The second-order valence-corrected chi connectivity index (χ2v) is 5.14. The van der Waals surface area contributed by atoms with Gasteiger partial charge in [-0.05, 0) is 43.6 Å². The van der Waals surface area contributed by atoms with E-state index < -0.39 is 0 Å². The highest BCUT2D eigenvalue weighted by Crippen LogP contribution is 2.24. The lowest BCUT2D eigenvalue weighted by molar-refractivity contribution is 0.462. The Morgan fingerprint density at radius 2 is 2.39 bits per heavy atom. The molecular weight excluding hydrogens is 248 g/mol. The Morgan fingerprint density at radius 3 is 3.17 bits per heavy atom. The van der Waals surface area contributed by atoms with E-state index in [0.717, 1.165) is 30.8 Å². The van der Waals surface area contributed by atoms with Gasteiger partial charge in [0.2, 0.25) is 5.89 Å². The van der Waals surface area contributed by atoms with Gasteiger partial charge in [-0.3, -0.25) is 0 Å². The SMILES string of the molecule is Clc1cccc(-c2ncc(CC3CCNC3)o2)c1. The number of hydrogen-bond donors (Lipinski definition) is 1. The molecular formula is C14H15ClN2O. The van der Waals surface area contributed by atoms with E-state index >= 15 is 0 Å². The number of aromatic nitrogens is 1. The number of oxazole rings is 1. The van der Waals surface area contributed by atoms with Gasteiger partial charge in [-0.1, -0.05) is 17.7 Å². The quantitative estimate of drug-likeness (QED) is 0.923. The monoisotopic (exact) mass is 262 g/mol. The Bertz CT molecular complexity index is 532. The van der Waals surface area contributed by atoms with Gasteiger partial charge in [0.25, 0.3) is 0 Å². The van der Waals surface area contributed by atoms with Crippen LogP contribution in [0.5, 0.6) is 0 Å². The standard InChI is InChI=1S/C14H15ClN2O/c15-12-3-1-2-11(7-12)14-17-9-13(18-14)6-10-4-5-16-8-10/h1-3,7,9-10,16H,4-6,8H2. The van der Waals surface area contributed by atoms with E-state index in [1.165, 1.54) is 6.42 Å². The van der Waals surface area contributed by atoms with Crippen LogP contribution in [0.25, 0.3) is 11.5 Å². The third kappa shape index (κ3) is 2.57. The van der Waals surface area contributed by atoms with E-state index in [4.69, 9.17) is 16.0 Å². The normalized spacial score (nSPS) is 19.3. The third-order valence-corrected chi connectivity index (χ3v) is 3.51. The summed E-state index contributed by atoms with van der Waals surface area (Å²) >= 11 is 5.96. The van der Waals surface area contributed by atoms with Crippen molar-refractivity contribution in [3.05, 3.63) is 41.2 Å². The average molecular weight is 263 g/mol. The Balaban J connectivity index is 1.76. The van der Waals surface area contributed by atoms with Crippen LogP contribution in [-0.2, 0) is 6.42 Å². The largest absolute Gasteiger partial charge is 0.441 e. The molecule has 1 aromatic carbocycles. The number of benzene rings is 1. The second kappa shape index (κ2) is 5.12. The average Bonchev–Trinajstić information content (AvgIpc) is 3.01. The molecule has 1 fully saturated rings. The number of nitrogens with zero attached hydrogens (tertiary/aromatic N) is 1. The van der Waals surface area contributed by atoms with Crippen LogP contribution in [-0.4, -0.2) is 18.1 Å². The molecule has 4 heteroatoms. The number of rotatable bonds is 3. The molecule has 0 amide bonds. The minimum Gasteiger partial charge on any atom is -0.441 e. The summed E-state index contributed by atoms with van der Waals surface area (Å²) in [4.78, 5) is 4.32. The van der Waals surface area contributed by atoms with Gasteiger partial charge >= 0.3 is 0 Å². The van der Waals surface area contributed by atoms with Crippen molar-refractivity contribution in [1.29, 1.82) is 0 Å². The van der Waals surface area contributed by atoms with E-state index in [2.05, 4.69) is 10.3 Å². The summed E-state index contributed by atoms with van der Waals surface area (Å²) in [6.07, 6.45) is 4.00. The van der Waals surface area contributed by atoms with E-state index in [9.17, 15) is 0 Å². The maximum absolute atomic E-state index is 5.96. The first-order valence-electron chi connectivity index (χ1n) is 6.22. The van der Waals surface area contributed by atoms with E-state index in [1.807, 2.05) is 30.5 Å². The summed E-state index contributed by atoms with van der Waals surface area (Å²) in [5.74, 6) is 2.28. The van der Waals surface area contributed by atoms with Gasteiger partial charge in [0.05, 0.1) is 6.20 Å². The molecule has 1 aliphatic rings. The van der Waals surface area contributed by atoms with Crippen molar-refractivity contribution in [1.82, 2.24) is 10.3 Å². The molecule has 0 bridgehead atoms. The van der Waals surface area contributed by atoms with E-state index in [1.54, 1.807) is 0 Å². The van der Waals surface area contributed by atoms with Crippen LogP contribution in [0, 0.1) is 5.92 Å². The molecule has 1 aliphatic heterocycles. The smallest absolute Gasteiger partial charge is 0.226 e. The maximum Gasteiger partial charge on any atom is 0.226 e. The summed E-state index contributed by atoms with van der Waals surface area (Å²) in [6, 6.07) is 7.58. The number of halogens is 1. The topological polar surface area (TPSA) is 38.1 Å². The molecule has 0 aliphatic carbocycles. The Labute approximate surface area is 111 Å². The first-order chi connectivity index (χ1) is 8.81. The van der Waals surface area contributed by atoms with Crippen molar-refractivity contribution in [3.63, 3.8) is 0 Å². The molecule has 3 nitrogen and oxygen atoms in total. The van der Waals surface area contributed by atoms with Crippen molar-refractivity contribution < 1.29 is 4.42 Å². The fourth-order valence-corrected chi connectivity index (χ4v) is 2.52. The predicted molar refractivity (Wildman–Crippen MR) is 71.6 cm³/mol. The lowest BCUT2D eigenvalue weighted by Crippen LogP contribution is -2.10. The molecule has 1 atom stereocenters. The zero-order chi connectivity index (χ0) is 12.4. The first kappa shape index (κ1) is 11.8. The van der Waals surface area contributed by atoms with Crippen LogP contribution in [0.15, 0.2) is 34.9 Å². The van der Waals surface area contributed by atoms with Crippen molar-refractivity contribution in [2.45, 2.75) is 12.8 Å². The zero-order valence-electron chi connectivity index (χ0n) is 10.0. The van der Waals surface area contributed by atoms with Crippen LogP contribution >= 0.6 is 11.6 Å². The lowest BCUT2D eigenvalue weighted by atomic mass is 10.0.